The van der Waals surface area contributed by atoms with E-state index in [1.165, 1.54) is 35.7 Å². The minimum Gasteiger partial charge on any atom is -0.480 e. The molecule has 0 bridgehead atoms. The molecule has 0 spiro atoms. The van der Waals surface area contributed by atoms with Crippen molar-refractivity contribution in [3.05, 3.63) is 57.8 Å². The normalized spacial score (nSPS) is 14.2. The van der Waals surface area contributed by atoms with E-state index in [-0.39, 0.29) is 11.7 Å². The molecule has 0 saturated heterocycles. The zero-order valence-corrected chi connectivity index (χ0v) is 14.3. The molecule has 0 heterocycles. The van der Waals surface area contributed by atoms with E-state index in [2.05, 4.69) is 27.3 Å². The summed E-state index contributed by atoms with van der Waals surface area (Å²) in [6.07, 6.45) is 2.66. The molecule has 2 aromatic carbocycles. The minimum atomic E-state index is -0.690. The first-order valence-electron chi connectivity index (χ1n) is 7.57. The lowest BCUT2D eigenvalue weighted by molar-refractivity contribution is -0.122. The third kappa shape index (κ3) is 3.72. The standard InChI is InChI=1S/C18H17BrFNO2/c1-11(23-17-8-6-14(20)10-16(17)19)18(22)21-15-7-5-12-3-2-4-13(12)9-15/h5-11H,2-4H2,1H3,(H,21,22)/t11-/m1/s1. The average molecular weight is 378 g/mol. The highest BCUT2D eigenvalue weighted by Crippen LogP contribution is 2.27. The van der Waals surface area contributed by atoms with Crippen molar-refractivity contribution in [2.75, 3.05) is 5.32 Å². The van der Waals surface area contributed by atoms with Gasteiger partial charge in [-0.15, -0.1) is 0 Å². The molecule has 1 atom stereocenters. The fourth-order valence-electron chi connectivity index (χ4n) is 2.71. The number of carbonyl (C=O) groups is 1. The fourth-order valence-corrected chi connectivity index (χ4v) is 3.15. The molecular formula is C18H17BrFNO2. The molecule has 3 nitrogen and oxygen atoms in total. The summed E-state index contributed by atoms with van der Waals surface area (Å²) in [6, 6.07) is 10.1. The lowest BCUT2D eigenvalue weighted by atomic mass is 10.1. The van der Waals surface area contributed by atoms with Crippen molar-refractivity contribution in [2.45, 2.75) is 32.3 Å². The summed E-state index contributed by atoms with van der Waals surface area (Å²) in [5, 5.41) is 2.87. The van der Waals surface area contributed by atoms with Crippen LogP contribution < -0.4 is 10.1 Å². The number of halogens is 2. The van der Waals surface area contributed by atoms with Crippen molar-refractivity contribution in [3.8, 4) is 5.75 Å². The van der Waals surface area contributed by atoms with E-state index in [0.717, 1.165) is 18.5 Å². The number of nitrogens with one attached hydrogen (secondary N) is 1. The topological polar surface area (TPSA) is 38.3 Å². The van der Waals surface area contributed by atoms with Crippen molar-refractivity contribution < 1.29 is 13.9 Å². The molecule has 1 aliphatic rings. The first-order chi connectivity index (χ1) is 11.0. The van der Waals surface area contributed by atoms with Gasteiger partial charge in [-0.05, 0) is 83.6 Å². The Labute approximate surface area is 143 Å². The SMILES string of the molecule is C[C@@H](Oc1ccc(F)cc1Br)C(=O)Nc1ccc2c(c1)CCC2. The van der Waals surface area contributed by atoms with Crippen LogP contribution in [0.3, 0.4) is 0 Å². The van der Waals surface area contributed by atoms with Crippen molar-refractivity contribution >= 4 is 27.5 Å². The molecule has 2 aromatic rings. The molecule has 3 rings (SSSR count). The quantitative estimate of drug-likeness (QED) is 0.852. The molecular weight excluding hydrogens is 361 g/mol. The second kappa shape index (κ2) is 6.71. The van der Waals surface area contributed by atoms with E-state index in [1.807, 2.05) is 12.1 Å². The van der Waals surface area contributed by atoms with Crippen LogP contribution in [0.2, 0.25) is 0 Å². The van der Waals surface area contributed by atoms with Crippen molar-refractivity contribution in [2.24, 2.45) is 0 Å². The van der Waals surface area contributed by atoms with Gasteiger partial charge >= 0.3 is 0 Å². The third-order valence-corrected chi connectivity index (χ3v) is 4.55. The molecule has 23 heavy (non-hydrogen) atoms. The second-order valence-corrected chi connectivity index (χ2v) is 6.52. The van der Waals surface area contributed by atoms with Gasteiger partial charge in [0, 0.05) is 5.69 Å². The Balaban J connectivity index is 1.65. The van der Waals surface area contributed by atoms with Crippen LogP contribution >= 0.6 is 15.9 Å². The molecule has 0 aromatic heterocycles. The first-order valence-corrected chi connectivity index (χ1v) is 8.36. The zero-order chi connectivity index (χ0) is 16.4. The molecule has 0 unspecified atom stereocenters. The summed E-state index contributed by atoms with van der Waals surface area (Å²) >= 11 is 3.23. The zero-order valence-electron chi connectivity index (χ0n) is 12.7. The number of ether oxygens (including phenoxy) is 1. The van der Waals surface area contributed by atoms with Crippen LogP contribution in [0.5, 0.6) is 5.75 Å². The Morgan fingerprint density at radius 3 is 2.78 bits per heavy atom. The minimum absolute atomic E-state index is 0.237. The van der Waals surface area contributed by atoms with Crippen molar-refractivity contribution in [1.29, 1.82) is 0 Å². The predicted molar refractivity (Wildman–Crippen MR) is 91.3 cm³/mol. The highest BCUT2D eigenvalue weighted by atomic mass is 79.9. The van der Waals surface area contributed by atoms with Crippen LogP contribution in [0, 0.1) is 5.82 Å². The predicted octanol–water partition coefficient (Wildman–Crippen LogP) is 4.48. The van der Waals surface area contributed by atoms with Gasteiger partial charge in [0.25, 0.3) is 5.91 Å². The molecule has 120 valence electrons. The van der Waals surface area contributed by atoms with Gasteiger partial charge in [0.15, 0.2) is 6.10 Å². The van der Waals surface area contributed by atoms with Gasteiger partial charge < -0.3 is 10.1 Å². The Morgan fingerprint density at radius 1 is 1.22 bits per heavy atom. The van der Waals surface area contributed by atoms with Gasteiger partial charge in [0.1, 0.15) is 11.6 Å². The van der Waals surface area contributed by atoms with Crippen LogP contribution in [0.25, 0.3) is 0 Å². The number of anilines is 1. The monoisotopic (exact) mass is 377 g/mol. The van der Waals surface area contributed by atoms with Crippen molar-refractivity contribution in [1.82, 2.24) is 0 Å². The number of carbonyl (C=O) groups excluding carboxylic acids is 1. The summed E-state index contributed by atoms with van der Waals surface area (Å²) < 4.78 is 19.2. The number of hydrogen-bond acceptors (Lipinski definition) is 2. The maximum absolute atomic E-state index is 13.1. The molecule has 5 heteroatoms. The Kier molecular flexibility index (Phi) is 4.66. The summed E-state index contributed by atoms with van der Waals surface area (Å²) in [5.74, 6) is -0.165. The van der Waals surface area contributed by atoms with E-state index in [9.17, 15) is 9.18 Å². The van der Waals surface area contributed by atoms with Gasteiger partial charge in [-0.3, -0.25) is 4.79 Å². The number of amides is 1. The lowest BCUT2D eigenvalue weighted by Crippen LogP contribution is -2.30. The Hall–Kier alpha value is -1.88. The van der Waals surface area contributed by atoms with Crippen LogP contribution in [0.15, 0.2) is 40.9 Å². The molecule has 0 fully saturated rings. The van der Waals surface area contributed by atoms with Crippen LogP contribution in [0.1, 0.15) is 24.5 Å². The number of benzene rings is 2. The van der Waals surface area contributed by atoms with Crippen LogP contribution in [-0.2, 0) is 17.6 Å². The summed E-state index contributed by atoms with van der Waals surface area (Å²) in [5.41, 5.74) is 3.45. The third-order valence-electron chi connectivity index (χ3n) is 3.93. The van der Waals surface area contributed by atoms with E-state index in [4.69, 9.17) is 4.74 Å². The average Bonchev–Trinajstić information content (AvgIpc) is 2.97. The van der Waals surface area contributed by atoms with Gasteiger partial charge in [0.2, 0.25) is 0 Å². The summed E-state index contributed by atoms with van der Waals surface area (Å²) in [4.78, 5) is 12.3. The number of hydrogen-bond donors (Lipinski definition) is 1. The Morgan fingerprint density at radius 2 is 2.00 bits per heavy atom. The molecule has 0 aliphatic heterocycles. The summed E-state index contributed by atoms with van der Waals surface area (Å²) in [6.45, 7) is 1.67. The maximum atomic E-state index is 13.1. The number of aryl methyl sites for hydroxylation is 2. The van der Waals surface area contributed by atoms with E-state index in [0.29, 0.717) is 10.2 Å². The first kappa shape index (κ1) is 16.0. The fraction of sp³-hybridized carbons (Fsp3) is 0.278. The molecule has 0 radical (unpaired) electrons. The van der Waals surface area contributed by atoms with E-state index >= 15 is 0 Å². The molecule has 1 N–H and O–H groups in total. The van der Waals surface area contributed by atoms with Gasteiger partial charge in [0.05, 0.1) is 4.47 Å². The second-order valence-electron chi connectivity index (χ2n) is 5.66. The van der Waals surface area contributed by atoms with Gasteiger partial charge in [-0.25, -0.2) is 4.39 Å². The molecule has 1 aliphatic carbocycles. The van der Waals surface area contributed by atoms with Crippen molar-refractivity contribution in [3.63, 3.8) is 0 Å². The smallest absolute Gasteiger partial charge is 0.265 e. The number of fused-ring (bicyclic) bond motifs is 1. The van der Waals surface area contributed by atoms with Gasteiger partial charge in [-0.2, -0.15) is 0 Å². The van der Waals surface area contributed by atoms with Crippen LogP contribution in [0.4, 0.5) is 10.1 Å². The largest absolute Gasteiger partial charge is 0.480 e. The van der Waals surface area contributed by atoms with Crippen LogP contribution in [-0.4, -0.2) is 12.0 Å². The molecule has 1 amide bonds. The lowest BCUT2D eigenvalue weighted by Gasteiger charge is -2.16. The number of rotatable bonds is 4. The Bertz CT molecular complexity index is 748. The summed E-state index contributed by atoms with van der Waals surface area (Å²) in [7, 11) is 0. The van der Waals surface area contributed by atoms with Gasteiger partial charge in [-0.1, -0.05) is 6.07 Å². The maximum Gasteiger partial charge on any atom is 0.265 e. The van der Waals surface area contributed by atoms with E-state index < -0.39 is 6.10 Å². The molecule has 0 saturated carbocycles. The highest BCUT2D eigenvalue weighted by Gasteiger charge is 2.18. The van der Waals surface area contributed by atoms with E-state index in [1.54, 1.807) is 6.92 Å². The highest BCUT2D eigenvalue weighted by molar-refractivity contribution is 9.10.